The lowest BCUT2D eigenvalue weighted by Crippen LogP contribution is -2.59. The van der Waals surface area contributed by atoms with Crippen LogP contribution in [0.1, 0.15) is 60.3 Å². The molecule has 0 saturated carbocycles. The second-order valence-electron chi connectivity index (χ2n) is 6.27. The lowest BCUT2D eigenvalue weighted by Gasteiger charge is -2.49. The molecule has 1 rings (SSSR count). The van der Waals surface area contributed by atoms with Gasteiger partial charge in [0.15, 0.2) is 0 Å². The van der Waals surface area contributed by atoms with Gasteiger partial charge in [0.05, 0.1) is 6.10 Å². The predicted octanol–water partition coefficient (Wildman–Crippen LogP) is 3.05. The first kappa shape index (κ1) is 14.0. The maximum Gasteiger partial charge on any atom is 0.0771 e. The molecule has 0 spiro atoms. The van der Waals surface area contributed by atoms with E-state index in [1.165, 1.54) is 12.8 Å². The van der Waals surface area contributed by atoms with Gasteiger partial charge in [0.25, 0.3) is 0 Å². The average molecular weight is 227 g/mol. The Hall–Kier alpha value is -0.0800. The fourth-order valence-electron chi connectivity index (χ4n) is 3.23. The molecule has 16 heavy (non-hydrogen) atoms. The Kier molecular flexibility index (Phi) is 4.42. The molecule has 0 aromatic carbocycles. The molecule has 1 unspecified atom stereocenters. The molecule has 1 saturated heterocycles. The second-order valence-corrected chi connectivity index (χ2v) is 6.27. The number of hydrogen-bond donors (Lipinski definition) is 1. The Morgan fingerprint density at radius 1 is 1.06 bits per heavy atom. The number of nitrogens with zero attached hydrogens (tertiary/aromatic N) is 1. The molecule has 1 aliphatic rings. The summed E-state index contributed by atoms with van der Waals surface area (Å²) in [6.45, 7) is 13.2. The lowest BCUT2D eigenvalue weighted by molar-refractivity contribution is -0.0817. The Balaban J connectivity index is 2.94. The quantitative estimate of drug-likeness (QED) is 0.798. The zero-order valence-electron chi connectivity index (χ0n) is 11.7. The minimum atomic E-state index is -0.243. The van der Waals surface area contributed by atoms with E-state index in [4.69, 9.17) is 0 Å². The summed E-state index contributed by atoms with van der Waals surface area (Å²) in [5, 5.41) is 10.7. The van der Waals surface area contributed by atoms with Gasteiger partial charge in [0.1, 0.15) is 0 Å². The molecule has 0 aliphatic carbocycles. The Morgan fingerprint density at radius 3 is 1.81 bits per heavy atom. The van der Waals surface area contributed by atoms with E-state index in [1.54, 1.807) is 0 Å². The van der Waals surface area contributed by atoms with Gasteiger partial charge in [0, 0.05) is 5.54 Å². The largest absolute Gasteiger partial charge is 0.391 e. The number of aliphatic hydroxyl groups excluding tert-OH is 1. The third kappa shape index (κ3) is 2.43. The van der Waals surface area contributed by atoms with Crippen molar-refractivity contribution in [1.82, 2.24) is 4.90 Å². The van der Waals surface area contributed by atoms with Crippen molar-refractivity contribution < 1.29 is 5.11 Å². The van der Waals surface area contributed by atoms with Gasteiger partial charge >= 0.3 is 0 Å². The number of hydrogen-bond acceptors (Lipinski definition) is 2. The molecular formula is C14H29NO. The monoisotopic (exact) mass is 227 g/mol. The highest BCUT2D eigenvalue weighted by Gasteiger charge is 2.45. The van der Waals surface area contributed by atoms with E-state index in [0.717, 1.165) is 25.9 Å². The SMILES string of the molecule is CCC(CC)(C(O)C(C)(C)C)N1CCCC1. The third-order valence-corrected chi connectivity index (χ3v) is 4.29. The molecule has 96 valence electrons. The van der Waals surface area contributed by atoms with Crippen molar-refractivity contribution in [3.05, 3.63) is 0 Å². The zero-order valence-corrected chi connectivity index (χ0v) is 11.7. The molecular weight excluding hydrogens is 198 g/mol. The van der Waals surface area contributed by atoms with Crippen molar-refractivity contribution in [2.75, 3.05) is 13.1 Å². The minimum absolute atomic E-state index is 0.00521. The standard InChI is InChI=1S/C14H29NO/c1-6-14(7-2,12(16)13(3,4)5)15-10-8-9-11-15/h12,16H,6-11H2,1-5H3. The van der Waals surface area contributed by atoms with E-state index >= 15 is 0 Å². The van der Waals surface area contributed by atoms with Gasteiger partial charge in [-0.05, 0) is 44.2 Å². The van der Waals surface area contributed by atoms with E-state index in [0.29, 0.717) is 0 Å². The molecule has 0 amide bonds. The average Bonchev–Trinajstić information content (AvgIpc) is 2.73. The van der Waals surface area contributed by atoms with E-state index < -0.39 is 0 Å². The van der Waals surface area contributed by atoms with Gasteiger partial charge in [-0.2, -0.15) is 0 Å². The van der Waals surface area contributed by atoms with Crippen LogP contribution >= 0.6 is 0 Å². The normalized spacial score (nSPS) is 21.4. The van der Waals surface area contributed by atoms with Crippen LogP contribution in [0.3, 0.4) is 0 Å². The first-order valence-corrected chi connectivity index (χ1v) is 6.81. The highest BCUT2D eigenvalue weighted by Crippen LogP contribution is 2.38. The van der Waals surface area contributed by atoms with Crippen molar-refractivity contribution in [2.24, 2.45) is 5.41 Å². The summed E-state index contributed by atoms with van der Waals surface area (Å²) >= 11 is 0. The molecule has 2 heteroatoms. The first-order valence-electron chi connectivity index (χ1n) is 6.81. The summed E-state index contributed by atoms with van der Waals surface area (Å²) in [5.41, 5.74) is -0.0383. The van der Waals surface area contributed by atoms with Crippen LogP contribution in [-0.4, -0.2) is 34.7 Å². The molecule has 1 heterocycles. The Bertz CT molecular complexity index is 209. The van der Waals surface area contributed by atoms with E-state index in [9.17, 15) is 5.11 Å². The highest BCUT2D eigenvalue weighted by molar-refractivity contribution is 5.00. The van der Waals surface area contributed by atoms with Crippen molar-refractivity contribution in [3.8, 4) is 0 Å². The van der Waals surface area contributed by atoms with Crippen LogP contribution in [0.2, 0.25) is 0 Å². The third-order valence-electron chi connectivity index (χ3n) is 4.29. The molecule has 2 nitrogen and oxygen atoms in total. The van der Waals surface area contributed by atoms with Crippen LogP contribution in [0, 0.1) is 5.41 Å². The molecule has 0 aromatic rings. The lowest BCUT2D eigenvalue weighted by atomic mass is 9.72. The van der Waals surface area contributed by atoms with Crippen molar-refractivity contribution in [3.63, 3.8) is 0 Å². The molecule has 1 atom stereocenters. The van der Waals surface area contributed by atoms with Crippen LogP contribution in [0.15, 0.2) is 0 Å². The molecule has 0 radical (unpaired) electrons. The van der Waals surface area contributed by atoms with Gasteiger partial charge in [-0.25, -0.2) is 0 Å². The van der Waals surface area contributed by atoms with E-state index in [2.05, 4.69) is 39.5 Å². The molecule has 0 bridgehead atoms. The van der Waals surface area contributed by atoms with Crippen LogP contribution in [0.25, 0.3) is 0 Å². The topological polar surface area (TPSA) is 23.5 Å². The fraction of sp³-hybridized carbons (Fsp3) is 1.00. The zero-order chi connectivity index (χ0) is 12.4. The summed E-state index contributed by atoms with van der Waals surface area (Å²) in [6, 6.07) is 0. The van der Waals surface area contributed by atoms with Crippen molar-refractivity contribution in [2.45, 2.75) is 71.9 Å². The number of aliphatic hydroxyl groups is 1. The van der Waals surface area contributed by atoms with Gasteiger partial charge < -0.3 is 5.11 Å². The molecule has 1 N–H and O–H groups in total. The summed E-state index contributed by atoms with van der Waals surface area (Å²) in [4.78, 5) is 2.53. The van der Waals surface area contributed by atoms with Crippen LogP contribution < -0.4 is 0 Å². The maximum atomic E-state index is 10.7. The van der Waals surface area contributed by atoms with Crippen LogP contribution in [-0.2, 0) is 0 Å². The molecule has 1 fully saturated rings. The van der Waals surface area contributed by atoms with E-state index in [-0.39, 0.29) is 17.1 Å². The number of likely N-dealkylation sites (tertiary alicyclic amines) is 1. The summed E-state index contributed by atoms with van der Waals surface area (Å²) in [7, 11) is 0. The van der Waals surface area contributed by atoms with Gasteiger partial charge in [-0.3, -0.25) is 4.90 Å². The van der Waals surface area contributed by atoms with Crippen LogP contribution in [0.4, 0.5) is 0 Å². The number of rotatable bonds is 4. The Morgan fingerprint density at radius 2 is 1.50 bits per heavy atom. The van der Waals surface area contributed by atoms with Crippen molar-refractivity contribution in [1.29, 1.82) is 0 Å². The smallest absolute Gasteiger partial charge is 0.0771 e. The first-order chi connectivity index (χ1) is 7.38. The van der Waals surface area contributed by atoms with Crippen molar-refractivity contribution >= 4 is 0 Å². The van der Waals surface area contributed by atoms with Gasteiger partial charge in [-0.15, -0.1) is 0 Å². The highest BCUT2D eigenvalue weighted by atomic mass is 16.3. The summed E-state index contributed by atoms with van der Waals surface area (Å²) in [6.07, 6.45) is 4.43. The molecule has 0 aromatic heterocycles. The van der Waals surface area contributed by atoms with E-state index in [1.807, 2.05) is 0 Å². The molecule has 1 aliphatic heterocycles. The Labute approximate surface area is 101 Å². The predicted molar refractivity (Wildman–Crippen MR) is 69.6 cm³/mol. The van der Waals surface area contributed by atoms with Crippen LogP contribution in [0.5, 0.6) is 0 Å². The maximum absolute atomic E-state index is 10.7. The summed E-state index contributed by atoms with van der Waals surface area (Å²) < 4.78 is 0. The summed E-state index contributed by atoms with van der Waals surface area (Å²) in [5.74, 6) is 0. The van der Waals surface area contributed by atoms with Gasteiger partial charge in [-0.1, -0.05) is 34.6 Å². The minimum Gasteiger partial charge on any atom is -0.391 e. The fourth-order valence-corrected chi connectivity index (χ4v) is 3.23. The van der Waals surface area contributed by atoms with Gasteiger partial charge in [0.2, 0.25) is 0 Å². The second kappa shape index (κ2) is 5.05.